The first-order valence-electron chi connectivity index (χ1n) is 6.62. The number of carbonyl (C=O) groups excluding carboxylic acids is 1. The summed E-state index contributed by atoms with van der Waals surface area (Å²) in [7, 11) is -0.844. The highest BCUT2D eigenvalue weighted by molar-refractivity contribution is 6.62. The zero-order chi connectivity index (χ0) is 15.1. The Hall–Kier alpha value is -1.27. The van der Waals surface area contributed by atoms with E-state index < -0.39 is 24.1 Å². The molecule has 0 N–H and O–H groups in total. The van der Waals surface area contributed by atoms with Gasteiger partial charge in [-0.1, -0.05) is 0 Å². The van der Waals surface area contributed by atoms with E-state index in [2.05, 4.69) is 4.98 Å². The molecule has 1 saturated heterocycles. The highest BCUT2D eigenvalue weighted by Gasteiger charge is 2.53. The summed E-state index contributed by atoms with van der Waals surface area (Å²) in [4.78, 5) is 15.4. The highest BCUT2D eigenvalue weighted by Crippen LogP contribution is 2.36. The molecule has 2 rings (SSSR count). The van der Waals surface area contributed by atoms with E-state index in [0.717, 1.165) is 0 Å². The molecule has 0 amide bonds. The van der Waals surface area contributed by atoms with E-state index in [1.54, 1.807) is 0 Å². The maximum Gasteiger partial charge on any atom is 0.499 e. The lowest BCUT2D eigenvalue weighted by molar-refractivity contribution is -0.116. The molecule has 20 heavy (non-hydrogen) atoms. The first-order valence-corrected chi connectivity index (χ1v) is 6.62. The van der Waals surface area contributed by atoms with Crippen LogP contribution < -0.4 is 5.46 Å². The van der Waals surface area contributed by atoms with Gasteiger partial charge in [0.2, 0.25) is 0 Å². The maximum atomic E-state index is 14.1. The number of rotatable bonds is 3. The summed E-state index contributed by atoms with van der Waals surface area (Å²) in [5.41, 5.74) is -0.529. The van der Waals surface area contributed by atoms with Crippen molar-refractivity contribution in [3.8, 4) is 0 Å². The van der Waals surface area contributed by atoms with Crippen LogP contribution in [0.25, 0.3) is 0 Å². The van der Waals surface area contributed by atoms with Crippen molar-refractivity contribution >= 4 is 18.4 Å². The van der Waals surface area contributed by atoms with E-state index in [9.17, 15) is 9.18 Å². The van der Waals surface area contributed by atoms with Gasteiger partial charge in [0, 0.05) is 18.1 Å². The number of ketones is 1. The molecule has 0 atom stereocenters. The second kappa shape index (κ2) is 4.93. The molecule has 108 valence electrons. The van der Waals surface area contributed by atoms with Crippen LogP contribution in [0, 0.1) is 5.82 Å². The summed E-state index contributed by atoms with van der Waals surface area (Å²) in [6.45, 7) is 9.02. The smallest absolute Gasteiger partial charge is 0.399 e. The number of nitrogens with zero attached hydrogens (tertiary/aromatic N) is 1. The number of pyridine rings is 1. The van der Waals surface area contributed by atoms with Gasteiger partial charge in [0.25, 0.3) is 0 Å². The third-order valence-corrected chi connectivity index (χ3v) is 3.92. The van der Waals surface area contributed by atoms with Crippen LogP contribution in [0.15, 0.2) is 12.3 Å². The van der Waals surface area contributed by atoms with Crippen molar-refractivity contribution in [2.24, 2.45) is 0 Å². The van der Waals surface area contributed by atoms with Crippen LogP contribution in [0.2, 0.25) is 0 Å². The molecule has 0 aromatic carbocycles. The summed E-state index contributed by atoms with van der Waals surface area (Å²) in [6.07, 6.45) is 1.42. The number of halogens is 1. The van der Waals surface area contributed by atoms with E-state index in [-0.39, 0.29) is 17.7 Å². The molecule has 0 bridgehead atoms. The quantitative estimate of drug-likeness (QED) is 0.789. The molecule has 2 heterocycles. The SMILES string of the molecule is CC(=O)Cc1nccc(F)c1B1OC(C)(C)C(C)(C)O1. The van der Waals surface area contributed by atoms with Crippen LogP contribution in [0.5, 0.6) is 0 Å². The Kier molecular flexibility index (Phi) is 3.73. The largest absolute Gasteiger partial charge is 0.499 e. The first-order chi connectivity index (χ1) is 9.14. The molecule has 0 unspecified atom stereocenters. The predicted octanol–water partition coefficient (Wildman–Crippen LogP) is 1.65. The van der Waals surface area contributed by atoms with Gasteiger partial charge in [-0.25, -0.2) is 4.39 Å². The summed E-state index contributed by atoms with van der Waals surface area (Å²) >= 11 is 0. The zero-order valence-electron chi connectivity index (χ0n) is 12.5. The van der Waals surface area contributed by atoms with Crippen molar-refractivity contribution in [3.05, 3.63) is 23.8 Å². The van der Waals surface area contributed by atoms with Gasteiger partial charge in [-0.05, 0) is 40.7 Å². The minimum atomic E-state index is -0.844. The van der Waals surface area contributed by atoms with E-state index >= 15 is 0 Å². The van der Waals surface area contributed by atoms with E-state index in [4.69, 9.17) is 9.31 Å². The molecule has 0 spiro atoms. The summed E-state index contributed by atoms with van der Waals surface area (Å²) < 4.78 is 25.8. The number of carbonyl (C=O) groups is 1. The van der Waals surface area contributed by atoms with Crippen LogP contribution in [0.3, 0.4) is 0 Å². The number of aromatic nitrogens is 1. The lowest BCUT2D eigenvalue weighted by Crippen LogP contribution is -2.41. The second-order valence-corrected chi connectivity index (χ2v) is 6.12. The number of Topliss-reactive ketones (excluding diaryl/α,β-unsaturated/α-hetero) is 1. The molecule has 0 aliphatic carbocycles. The molecule has 4 nitrogen and oxygen atoms in total. The first kappa shape index (κ1) is 15.1. The van der Waals surface area contributed by atoms with E-state index in [0.29, 0.717) is 5.69 Å². The van der Waals surface area contributed by atoms with Crippen molar-refractivity contribution in [1.29, 1.82) is 0 Å². The van der Waals surface area contributed by atoms with Crippen molar-refractivity contribution in [3.63, 3.8) is 0 Å². The fourth-order valence-electron chi connectivity index (χ4n) is 2.08. The van der Waals surface area contributed by atoms with Gasteiger partial charge in [0.1, 0.15) is 11.6 Å². The lowest BCUT2D eigenvalue weighted by Gasteiger charge is -2.32. The van der Waals surface area contributed by atoms with E-state index in [1.807, 2.05) is 27.7 Å². The molecular formula is C14H19BFNO3. The van der Waals surface area contributed by atoms with Crippen LogP contribution >= 0.6 is 0 Å². The Bertz CT molecular complexity index is 529. The molecule has 1 aromatic rings. The molecule has 1 aliphatic rings. The van der Waals surface area contributed by atoms with Gasteiger partial charge in [-0.2, -0.15) is 0 Å². The third kappa shape index (κ3) is 2.62. The molecule has 0 radical (unpaired) electrons. The van der Waals surface area contributed by atoms with Gasteiger partial charge < -0.3 is 9.31 Å². The Morgan fingerprint density at radius 3 is 2.35 bits per heavy atom. The molecule has 1 aromatic heterocycles. The van der Waals surface area contributed by atoms with Crippen LogP contribution in [0.4, 0.5) is 4.39 Å². The summed E-state index contributed by atoms with van der Waals surface area (Å²) in [5.74, 6) is -0.546. The molecule has 6 heteroatoms. The number of hydrogen-bond acceptors (Lipinski definition) is 4. The maximum absolute atomic E-state index is 14.1. The van der Waals surface area contributed by atoms with Crippen LogP contribution in [0.1, 0.15) is 40.3 Å². The standard InChI is InChI=1S/C14H19BFNO3/c1-9(18)8-11-12(10(16)6-7-17-11)15-19-13(2,3)14(4,5)20-15/h6-7H,8H2,1-5H3. The minimum Gasteiger partial charge on any atom is -0.399 e. The molecule has 0 saturated carbocycles. The monoisotopic (exact) mass is 279 g/mol. The minimum absolute atomic E-state index is 0.0666. The molecular weight excluding hydrogens is 260 g/mol. The predicted molar refractivity (Wildman–Crippen MR) is 74.3 cm³/mol. The Morgan fingerprint density at radius 2 is 1.85 bits per heavy atom. The van der Waals surface area contributed by atoms with Gasteiger partial charge in [0.05, 0.1) is 16.9 Å². The van der Waals surface area contributed by atoms with Crippen molar-refractivity contribution in [1.82, 2.24) is 4.98 Å². The highest BCUT2D eigenvalue weighted by atomic mass is 19.1. The third-order valence-electron chi connectivity index (χ3n) is 3.92. The second-order valence-electron chi connectivity index (χ2n) is 6.12. The van der Waals surface area contributed by atoms with Gasteiger partial charge in [-0.15, -0.1) is 0 Å². The van der Waals surface area contributed by atoms with Gasteiger partial charge in [0.15, 0.2) is 0 Å². The van der Waals surface area contributed by atoms with Crippen molar-refractivity contribution in [2.75, 3.05) is 0 Å². The van der Waals surface area contributed by atoms with Gasteiger partial charge in [-0.3, -0.25) is 9.78 Å². The molecule has 1 fully saturated rings. The molecule has 1 aliphatic heterocycles. The Labute approximate surface area is 118 Å². The normalized spacial score (nSPS) is 20.2. The summed E-state index contributed by atoms with van der Waals surface area (Å²) in [6, 6.07) is 1.25. The fourth-order valence-corrected chi connectivity index (χ4v) is 2.08. The average molecular weight is 279 g/mol. The lowest BCUT2D eigenvalue weighted by atomic mass is 9.76. The Balaban J connectivity index is 2.41. The fraction of sp³-hybridized carbons (Fsp3) is 0.571. The van der Waals surface area contributed by atoms with Crippen LogP contribution in [-0.4, -0.2) is 29.1 Å². The average Bonchev–Trinajstić information content (AvgIpc) is 2.46. The van der Waals surface area contributed by atoms with Crippen molar-refractivity contribution in [2.45, 2.75) is 52.2 Å². The van der Waals surface area contributed by atoms with Gasteiger partial charge >= 0.3 is 7.12 Å². The van der Waals surface area contributed by atoms with Crippen LogP contribution in [-0.2, 0) is 20.5 Å². The van der Waals surface area contributed by atoms with E-state index in [1.165, 1.54) is 19.2 Å². The zero-order valence-corrected chi connectivity index (χ0v) is 12.5. The Morgan fingerprint density at radius 1 is 1.30 bits per heavy atom. The topological polar surface area (TPSA) is 48.4 Å². The number of hydrogen-bond donors (Lipinski definition) is 0. The summed E-state index contributed by atoms with van der Waals surface area (Å²) in [5, 5.41) is 0. The van der Waals surface area contributed by atoms with Crippen molar-refractivity contribution < 1.29 is 18.5 Å².